The number of carbonyl (C=O) groups excluding carboxylic acids is 1. The summed E-state index contributed by atoms with van der Waals surface area (Å²) in [5.41, 5.74) is 9.04. The number of halogens is 2. The molecule has 0 atom stereocenters. The fourth-order valence-electron chi connectivity index (χ4n) is 3.41. The SMILES string of the molecule is Cc1nn(C)c2nc(NNC(=O)Nc3csc(-c4cc(Cl)cc(Cl)c4)n3)cc(C(C)C)c12. The number of hydrogen-bond acceptors (Lipinski definition) is 6. The summed E-state index contributed by atoms with van der Waals surface area (Å²) in [5.74, 6) is 1.20. The van der Waals surface area contributed by atoms with Crippen molar-refractivity contribution < 1.29 is 4.79 Å². The zero-order chi connectivity index (χ0) is 23.0. The van der Waals surface area contributed by atoms with E-state index in [-0.39, 0.29) is 5.92 Å². The highest BCUT2D eigenvalue weighted by Gasteiger charge is 2.16. The van der Waals surface area contributed by atoms with E-state index in [1.54, 1.807) is 28.3 Å². The van der Waals surface area contributed by atoms with Crippen LogP contribution < -0.4 is 16.2 Å². The van der Waals surface area contributed by atoms with Gasteiger partial charge in [-0.2, -0.15) is 5.10 Å². The molecule has 1 aromatic carbocycles. The number of nitrogens with one attached hydrogen (secondary N) is 3. The average Bonchev–Trinajstić information content (AvgIpc) is 3.29. The average molecular weight is 490 g/mol. The molecule has 0 bridgehead atoms. The van der Waals surface area contributed by atoms with Crippen LogP contribution in [0.2, 0.25) is 10.0 Å². The molecule has 4 aromatic rings. The number of hydrogen-bond donors (Lipinski definition) is 3. The van der Waals surface area contributed by atoms with Gasteiger partial charge in [0.2, 0.25) is 0 Å². The number of aromatic nitrogens is 4. The van der Waals surface area contributed by atoms with E-state index in [9.17, 15) is 4.79 Å². The molecule has 3 heterocycles. The number of nitrogens with zero attached hydrogens (tertiary/aromatic N) is 4. The lowest BCUT2D eigenvalue weighted by atomic mass is 10.00. The Bertz CT molecular complexity index is 1290. The number of carbonyl (C=O) groups is 1. The fraction of sp³-hybridized carbons (Fsp3) is 0.238. The van der Waals surface area contributed by atoms with Crippen LogP contribution in [0.1, 0.15) is 31.0 Å². The number of benzene rings is 1. The Morgan fingerprint density at radius 2 is 1.81 bits per heavy atom. The summed E-state index contributed by atoms with van der Waals surface area (Å²) in [7, 11) is 1.85. The Kier molecular flexibility index (Phi) is 6.23. The quantitative estimate of drug-likeness (QED) is 0.299. The Labute approximate surface area is 198 Å². The Hall–Kier alpha value is -2.88. The van der Waals surface area contributed by atoms with Gasteiger partial charge in [0.25, 0.3) is 0 Å². The summed E-state index contributed by atoms with van der Waals surface area (Å²) in [6, 6.07) is 6.64. The minimum atomic E-state index is -0.472. The summed E-state index contributed by atoms with van der Waals surface area (Å²) >= 11 is 13.5. The molecular formula is C21H21Cl2N7OS. The van der Waals surface area contributed by atoms with Gasteiger partial charge >= 0.3 is 6.03 Å². The summed E-state index contributed by atoms with van der Waals surface area (Å²) in [5, 5.41) is 11.7. The van der Waals surface area contributed by atoms with Crippen LogP contribution >= 0.6 is 34.5 Å². The van der Waals surface area contributed by atoms with Crippen LogP contribution in [0.25, 0.3) is 21.6 Å². The second kappa shape index (κ2) is 8.93. The van der Waals surface area contributed by atoms with E-state index in [2.05, 4.69) is 45.1 Å². The molecule has 166 valence electrons. The molecule has 0 radical (unpaired) electrons. The molecule has 0 saturated carbocycles. The highest BCUT2D eigenvalue weighted by Crippen LogP contribution is 2.31. The third-order valence-electron chi connectivity index (χ3n) is 4.78. The van der Waals surface area contributed by atoms with E-state index in [0.29, 0.717) is 26.7 Å². The van der Waals surface area contributed by atoms with Gasteiger partial charge in [0, 0.05) is 33.4 Å². The summed E-state index contributed by atoms with van der Waals surface area (Å²) in [4.78, 5) is 21.4. The molecule has 0 spiro atoms. The molecule has 0 fully saturated rings. The zero-order valence-corrected chi connectivity index (χ0v) is 20.2. The van der Waals surface area contributed by atoms with E-state index in [1.165, 1.54) is 11.3 Å². The normalized spacial score (nSPS) is 11.2. The van der Waals surface area contributed by atoms with Crippen molar-refractivity contribution in [1.29, 1.82) is 0 Å². The van der Waals surface area contributed by atoms with Gasteiger partial charge in [-0.15, -0.1) is 11.3 Å². The van der Waals surface area contributed by atoms with Crippen molar-refractivity contribution in [1.82, 2.24) is 25.2 Å². The monoisotopic (exact) mass is 489 g/mol. The Morgan fingerprint density at radius 3 is 2.50 bits per heavy atom. The number of amides is 2. The Balaban J connectivity index is 1.46. The van der Waals surface area contributed by atoms with Crippen LogP contribution in [0.15, 0.2) is 29.6 Å². The van der Waals surface area contributed by atoms with E-state index >= 15 is 0 Å². The predicted molar refractivity (Wildman–Crippen MR) is 131 cm³/mol. The van der Waals surface area contributed by atoms with Crippen molar-refractivity contribution in [2.75, 3.05) is 10.7 Å². The summed E-state index contributed by atoms with van der Waals surface area (Å²) in [6.07, 6.45) is 0. The van der Waals surface area contributed by atoms with E-state index < -0.39 is 6.03 Å². The van der Waals surface area contributed by atoms with E-state index in [1.807, 2.05) is 20.0 Å². The largest absolute Gasteiger partial charge is 0.339 e. The molecule has 4 rings (SSSR count). The standard InChI is InChI=1S/C21H21Cl2N7OS/c1-10(2)15-8-16(24-19-18(15)11(3)29-30(19)4)27-28-21(31)26-17-9-32-20(25-17)12-5-13(22)7-14(23)6-12/h5-10H,1-4H3,(H,24,27)(H2,26,28,31). The topological polar surface area (TPSA) is 96.8 Å². The van der Waals surface area contributed by atoms with Crippen molar-refractivity contribution in [3.8, 4) is 10.6 Å². The minimum Gasteiger partial charge on any atom is -0.290 e. The third-order valence-corrected chi connectivity index (χ3v) is 6.11. The zero-order valence-electron chi connectivity index (χ0n) is 17.8. The maximum atomic E-state index is 12.4. The van der Waals surface area contributed by atoms with Gasteiger partial charge in [-0.25, -0.2) is 20.2 Å². The molecule has 3 aromatic heterocycles. The maximum absolute atomic E-state index is 12.4. The van der Waals surface area contributed by atoms with Crippen molar-refractivity contribution in [3.05, 3.63) is 50.9 Å². The molecule has 0 aliphatic rings. The van der Waals surface area contributed by atoms with Gasteiger partial charge in [0.15, 0.2) is 5.65 Å². The third kappa shape index (κ3) is 4.64. The minimum absolute atomic E-state index is 0.270. The lowest BCUT2D eigenvalue weighted by Gasteiger charge is -2.13. The lowest BCUT2D eigenvalue weighted by molar-refractivity contribution is 0.253. The highest BCUT2D eigenvalue weighted by molar-refractivity contribution is 7.13. The van der Waals surface area contributed by atoms with Crippen LogP contribution in [-0.4, -0.2) is 25.8 Å². The first kappa shape index (κ1) is 22.3. The van der Waals surface area contributed by atoms with Gasteiger partial charge < -0.3 is 0 Å². The van der Waals surface area contributed by atoms with Crippen molar-refractivity contribution in [2.45, 2.75) is 26.7 Å². The maximum Gasteiger partial charge on any atom is 0.339 e. The Morgan fingerprint density at radius 1 is 1.09 bits per heavy atom. The first-order valence-corrected chi connectivity index (χ1v) is 11.4. The molecule has 11 heteroatoms. The first-order chi connectivity index (χ1) is 15.2. The molecule has 2 amide bonds. The number of pyridine rings is 1. The van der Waals surface area contributed by atoms with Gasteiger partial charge in [0.1, 0.15) is 16.6 Å². The molecule has 0 aliphatic heterocycles. The number of thiazole rings is 1. The number of rotatable bonds is 5. The van der Waals surface area contributed by atoms with Crippen molar-refractivity contribution >= 4 is 63.2 Å². The molecule has 0 unspecified atom stereocenters. The van der Waals surface area contributed by atoms with Gasteiger partial charge in [-0.3, -0.25) is 15.4 Å². The van der Waals surface area contributed by atoms with Crippen LogP contribution in [0, 0.1) is 6.92 Å². The molecule has 32 heavy (non-hydrogen) atoms. The van der Waals surface area contributed by atoms with Gasteiger partial charge in [0.05, 0.1) is 5.69 Å². The van der Waals surface area contributed by atoms with Gasteiger partial charge in [-0.1, -0.05) is 37.0 Å². The fourth-order valence-corrected chi connectivity index (χ4v) is 4.67. The second-order valence-corrected chi connectivity index (χ2v) is 9.29. The number of urea groups is 1. The van der Waals surface area contributed by atoms with Crippen molar-refractivity contribution in [3.63, 3.8) is 0 Å². The molecule has 0 aliphatic carbocycles. The molecular weight excluding hydrogens is 469 g/mol. The molecule has 3 N–H and O–H groups in total. The number of fused-ring (bicyclic) bond motifs is 1. The lowest BCUT2D eigenvalue weighted by Crippen LogP contribution is -2.34. The first-order valence-electron chi connectivity index (χ1n) is 9.80. The summed E-state index contributed by atoms with van der Waals surface area (Å²) < 4.78 is 1.74. The summed E-state index contributed by atoms with van der Waals surface area (Å²) in [6.45, 7) is 6.18. The molecule has 0 saturated heterocycles. The predicted octanol–water partition coefficient (Wildman–Crippen LogP) is 5.98. The van der Waals surface area contributed by atoms with Crippen LogP contribution in [0.3, 0.4) is 0 Å². The smallest absolute Gasteiger partial charge is 0.290 e. The second-order valence-electron chi connectivity index (χ2n) is 7.56. The van der Waals surface area contributed by atoms with Crippen LogP contribution in [0.5, 0.6) is 0 Å². The van der Waals surface area contributed by atoms with E-state index in [4.69, 9.17) is 23.2 Å². The van der Waals surface area contributed by atoms with Crippen LogP contribution in [0.4, 0.5) is 16.4 Å². The molecule has 8 nitrogen and oxygen atoms in total. The van der Waals surface area contributed by atoms with E-state index in [0.717, 1.165) is 27.9 Å². The number of hydrazine groups is 1. The number of aryl methyl sites for hydroxylation is 2. The van der Waals surface area contributed by atoms with Crippen molar-refractivity contribution in [2.24, 2.45) is 7.05 Å². The van der Waals surface area contributed by atoms with Crippen LogP contribution in [-0.2, 0) is 7.05 Å². The number of anilines is 2. The van der Waals surface area contributed by atoms with Gasteiger partial charge in [-0.05, 0) is 42.7 Å². The highest BCUT2D eigenvalue weighted by atomic mass is 35.5.